The SMILES string of the molecule is CC(Nc1ccc(Cl)cc1)C(=O)NCc1ccco1. The molecule has 0 aliphatic heterocycles. The molecule has 0 aliphatic carbocycles. The van der Waals surface area contributed by atoms with Gasteiger partial charge in [-0.05, 0) is 43.3 Å². The van der Waals surface area contributed by atoms with Crippen molar-refractivity contribution in [2.75, 3.05) is 5.32 Å². The van der Waals surface area contributed by atoms with Gasteiger partial charge in [0, 0.05) is 10.7 Å². The summed E-state index contributed by atoms with van der Waals surface area (Å²) >= 11 is 5.80. The molecule has 0 saturated heterocycles. The fraction of sp³-hybridized carbons (Fsp3) is 0.214. The average Bonchev–Trinajstić information content (AvgIpc) is 2.91. The summed E-state index contributed by atoms with van der Waals surface area (Å²) in [6, 6.07) is 10.5. The van der Waals surface area contributed by atoms with Crippen molar-refractivity contribution in [3.8, 4) is 0 Å². The second-order valence-corrected chi connectivity index (χ2v) is 4.61. The zero-order valence-electron chi connectivity index (χ0n) is 10.5. The van der Waals surface area contributed by atoms with Crippen molar-refractivity contribution in [3.05, 3.63) is 53.4 Å². The first-order valence-electron chi connectivity index (χ1n) is 5.97. The van der Waals surface area contributed by atoms with Gasteiger partial charge in [-0.2, -0.15) is 0 Å². The van der Waals surface area contributed by atoms with Crippen LogP contribution in [0, 0.1) is 0 Å². The van der Waals surface area contributed by atoms with Crippen molar-refractivity contribution in [1.29, 1.82) is 0 Å². The molecular formula is C14H15ClN2O2. The van der Waals surface area contributed by atoms with Gasteiger partial charge in [-0.15, -0.1) is 0 Å². The monoisotopic (exact) mass is 278 g/mol. The van der Waals surface area contributed by atoms with E-state index in [0.717, 1.165) is 11.4 Å². The van der Waals surface area contributed by atoms with Crippen molar-refractivity contribution in [3.63, 3.8) is 0 Å². The predicted molar refractivity (Wildman–Crippen MR) is 75.1 cm³/mol. The first kappa shape index (κ1) is 13.5. The average molecular weight is 279 g/mol. The fourth-order valence-corrected chi connectivity index (χ4v) is 1.73. The highest BCUT2D eigenvalue weighted by molar-refractivity contribution is 6.30. The zero-order chi connectivity index (χ0) is 13.7. The van der Waals surface area contributed by atoms with Crippen molar-refractivity contribution >= 4 is 23.2 Å². The zero-order valence-corrected chi connectivity index (χ0v) is 11.3. The lowest BCUT2D eigenvalue weighted by atomic mass is 10.2. The van der Waals surface area contributed by atoms with Crippen LogP contribution in [-0.2, 0) is 11.3 Å². The second-order valence-electron chi connectivity index (χ2n) is 4.17. The van der Waals surface area contributed by atoms with E-state index in [1.54, 1.807) is 31.4 Å². The number of furan rings is 1. The summed E-state index contributed by atoms with van der Waals surface area (Å²) in [5.74, 6) is 0.637. The topological polar surface area (TPSA) is 54.3 Å². The molecule has 0 aliphatic rings. The number of nitrogens with one attached hydrogen (secondary N) is 2. The van der Waals surface area contributed by atoms with Crippen molar-refractivity contribution < 1.29 is 9.21 Å². The molecule has 0 bridgehead atoms. The molecule has 0 radical (unpaired) electrons. The normalized spacial score (nSPS) is 11.9. The fourth-order valence-electron chi connectivity index (χ4n) is 1.60. The van der Waals surface area contributed by atoms with Crippen LogP contribution in [0.5, 0.6) is 0 Å². The first-order chi connectivity index (χ1) is 9.15. The first-order valence-corrected chi connectivity index (χ1v) is 6.35. The number of benzene rings is 1. The number of hydrogen-bond donors (Lipinski definition) is 2. The predicted octanol–water partition coefficient (Wildman–Crippen LogP) is 3.05. The highest BCUT2D eigenvalue weighted by Gasteiger charge is 2.12. The van der Waals surface area contributed by atoms with Crippen LogP contribution in [-0.4, -0.2) is 11.9 Å². The number of carbonyl (C=O) groups excluding carboxylic acids is 1. The lowest BCUT2D eigenvalue weighted by Gasteiger charge is -2.14. The van der Waals surface area contributed by atoms with Gasteiger partial charge in [0.25, 0.3) is 0 Å². The molecule has 0 saturated carbocycles. The van der Waals surface area contributed by atoms with Crippen molar-refractivity contribution in [2.24, 2.45) is 0 Å². The molecule has 1 heterocycles. The second kappa shape index (κ2) is 6.29. The summed E-state index contributed by atoms with van der Waals surface area (Å²) in [5, 5.41) is 6.56. The van der Waals surface area contributed by atoms with Crippen LogP contribution >= 0.6 is 11.6 Å². The molecule has 5 heteroatoms. The summed E-state index contributed by atoms with van der Waals surface area (Å²) in [6.07, 6.45) is 1.58. The molecule has 1 atom stereocenters. The van der Waals surface area contributed by atoms with Crippen LogP contribution in [0.1, 0.15) is 12.7 Å². The van der Waals surface area contributed by atoms with Crippen molar-refractivity contribution in [2.45, 2.75) is 19.5 Å². The number of amides is 1. The van der Waals surface area contributed by atoms with E-state index in [9.17, 15) is 4.79 Å². The molecule has 1 unspecified atom stereocenters. The Hall–Kier alpha value is -1.94. The lowest BCUT2D eigenvalue weighted by Crippen LogP contribution is -2.37. The molecule has 1 aromatic heterocycles. The highest BCUT2D eigenvalue weighted by atomic mass is 35.5. The van der Waals surface area contributed by atoms with E-state index in [0.29, 0.717) is 11.6 Å². The lowest BCUT2D eigenvalue weighted by molar-refractivity contribution is -0.121. The standard InChI is InChI=1S/C14H15ClN2O2/c1-10(17-12-6-4-11(15)5-7-12)14(18)16-9-13-3-2-8-19-13/h2-8,10,17H,9H2,1H3,(H,16,18). The number of rotatable bonds is 5. The number of hydrogen-bond acceptors (Lipinski definition) is 3. The van der Waals surface area contributed by atoms with E-state index in [1.165, 1.54) is 0 Å². The van der Waals surface area contributed by atoms with E-state index < -0.39 is 0 Å². The largest absolute Gasteiger partial charge is 0.467 e. The van der Waals surface area contributed by atoms with Crippen LogP contribution in [0.2, 0.25) is 5.02 Å². The Balaban J connectivity index is 1.83. The van der Waals surface area contributed by atoms with Crippen LogP contribution in [0.3, 0.4) is 0 Å². The Morgan fingerprint density at radius 3 is 2.68 bits per heavy atom. The number of carbonyl (C=O) groups is 1. The van der Waals surface area contributed by atoms with Gasteiger partial charge in [0.05, 0.1) is 12.8 Å². The molecule has 1 amide bonds. The summed E-state index contributed by atoms with van der Waals surface area (Å²) in [4.78, 5) is 11.9. The van der Waals surface area contributed by atoms with E-state index in [4.69, 9.17) is 16.0 Å². The van der Waals surface area contributed by atoms with E-state index in [-0.39, 0.29) is 11.9 Å². The van der Waals surface area contributed by atoms with Crippen molar-refractivity contribution in [1.82, 2.24) is 5.32 Å². The number of halogens is 1. The molecule has 0 spiro atoms. The third-order valence-electron chi connectivity index (χ3n) is 2.64. The van der Waals surface area contributed by atoms with Gasteiger partial charge in [-0.3, -0.25) is 4.79 Å². The van der Waals surface area contributed by atoms with Gasteiger partial charge in [0.1, 0.15) is 11.8 Å². The summed E-state index contributed by atoms with van der Waals surface area (Å²) < 4.78 is 5.15. The molecule has 19 heavy (non-hydrogen) atoms. The third kappa shape index (κ3) is 4.03. The maximum atomic E-state index is 11.9. The maximum absolute atomic E-state index is 11.9. The van der Waals surface area contributed by atoms with Gasteiger partial charge in [-0.25, -0.2) is 0 Å². The number of anilines is 1. The molecule has 4 nitrogen and oxygen atoms in total. The van der Waals surface area contributed by atoms with E-state index >= 15 is 0 Å². The van der Waals surface area contributed by atoms with Gasteiger partial charge in [0.2, 0.25) is 5.91 Å². The minimum atomic E-state index is -0.337. The maximum Gasteiger partial charge on any atom is 0.242 e. The molecule has 2 aromatic rings. The minimum absolute atomic E-state index is 0.0913. The Morgan fingerprint density at radius 1 is 1.32 bits per heavy atom. The van der Waals surface area contributed by atoms with Crippen LogP contribution in [0.15, 0.2) is 47.1 Å². The molecule has 2 rings (SSSR count). The van der Waals surface area contributed by atoms with Gasteiger partial charge in [-0.1, -0.05) is 11.6 Å². The minimum Gasteiger partial charge on any atom is -0.467 e. The molecular weight excluding hydrogens is 264 g/mol. The quantitative estimate of drug-likeness (QED) is 0.884. The molecule has 2 N–H and O–H groups in total. The van der Waals surface area contributed by atoms with Crippen LogP contribution < -0.4 is 10.6 Å². The summed E-state index contributed by atoms with van der Waals surface area (Å²) in [5.41, 5.74) is 0.852. The summed E-state index contributed by atoms with van der Waals surface area (Å²) in [6.45, 7) is 2.19. The Bertz CT molecular complexity index is 523. The molecule has 1 aromatic carbocycles. The van der Waals surface area contributed by atoms with Crippen LogP contribution in [0.4, 0.5) is 5.69 Å². The highest BCUT2D eigenvalue weighted by Crippen LogP contribution is 2.14. The summed E-state index contributed by atoms with van der Waals surface area (Å²) in [7, 11) is 0. The van der Waals surface area contributed by atoms with E-state index in [2.05, 4.69) is 10.6 Å². The van der Waals surface area contributed by atoms with Crippen LogP contribution in [0.25, 0.3) is 0 Å². The van der Waals surface area contributed by atoms with Gasteiger partial charge >= 0.3 is 0 Å². The van der Waals surface area contributed by atoms with Gasteiger partial charge in [0.15, 0.2) is 0 Å². The molecule has 100 valence electrons. The molecule has 0 fully saturated rings. The Kier molecular flexibility index (Phi) is 4.47. The van der Waals surface area contributed by atoms with Gasteiger partial charge < -0.3 is 15.1 Å². The third-order valence-corrected chi connectivity index (χ3v) is 2.89. The Labute approximate surface area is 116 Å². The Morgan fingerprint density at radius 2 is 2.05 bits per heavy atom. The smallest absolute Gasteiger partial charge is 0.242 e. The van der Waals surface area contributed by atoms with E-state index in [1.807, 2.05) is 18.2 Å².